The predicted octanol–water partition coefficient (Wildman–Crippen LogP) is 3.44. The van der Waals surface area contributed by atoms with E-state index in [-0.39, 0.29) is 5.82 Å². The maximum atomic E-state index is 13.1. The summed E-state index contributed by atoms with van der Waals surface area (Å²) >= 11 is 0. The Hall–Kier alpha value is -1.56. The van der Waals surface area contributed by atoms with E-state index in [1.54, 1.807) is 0 Å². The molecule has 3 heteroatoms. The molecule has 0 aliphatic heterocycles. The van der Waals surface area contributed by atoms with Gasteiger partial charge in [0.15, 0.2) is 0 Å². The van der Waals surface area contributed by atoms with Crippen LogP contribution in [0.25, 0.3) is 0 Å². The van der Waals surface area contributed by atoms with Gasteiger partial charge < -0.3 is 5.32 Å². The highest BCUT2D eigenvalue weighted by molar-refractivity contribution is 5.58. The van der Waals surface area contributed by atoms with E-state index in [1.165, 1.54) is 37.5 Å². The van der Waals surface area contributed by atoms with Gasteiger partial charge in [-0.3, -0.25) is 0 Å². The largest absolute Gasteiger partial charge is 0.381 e. The van der Waals surface area contributed by atoms with E-state index in [0.717, 1.165) is 12.8 Å². The van der Waals surface area contributed by atoms with Gasteiger partial charge in [0.2, 0.25) is 0 Å². The number of nitriles is 1. The summed E-state index contributed by atoms with van der Waals surface area (Å²) in [4.78, 5) is 0. The fraction of sp³-hybridized carbons (Fsp3) is 0.462. The van der Waals surface area contributed by atoms with E-state index in [1.807, 2.05) is 0 Å². The van der Waals surface area contributed by atoms with E-state index in [0.29, 0.717) is 17.3 Å². The average molecular weight is 218 g/mol. The van der Waals surface area contributed by atoms with Crippen molar-refractivity contribution < 1.29 is 4.39 Å². The molecule has 0 aromatic heterocycles. The molecule has 0 atom stereocenters. The fourth-order valence-corrected chi connectivity index (χ4v) is 2.20. The van der Waals surface area contributed by atoms with Crippen LogP contribution in [0.15, 0.2) is 18.2 Å². The van der Waals surface area contributed by atoms with Crippen molar-refractivity contribution in [2.24, 2.45) is 0 Å². The first-order valence-electron chi connectivity index (χ1n) is 5.76. The fourth-order valence-electron chi connectivity index (χ4n) is 2.20. The van der Waals surface area contributed by atoms with Gasteiger partial charge in [-0.2, -0.15) is 5.26 Å². The number of hydrogen-bond donors (Lipinski definition) is 1. The van der Waals surface area contributed by atoms with Crippen LogP contribution in [0.2, 0.25) is 0 Å². The van der Waals surface area contributed by atoms with Gasteiger partial charge in [-0.15, -0.1) is 0 Å². The molecule has 0 bridgehead atoms. The molecule has 2 rings (SSSR count). The quantitative estimate of drug-likeness (QED) is 0.825. The van der Waals surface area contributed by atoms with E-state index in [4.69, 9.17) is 5.26 Å². The molecule has 0 spiro atoms. The number of nitrogens with zero attached hydrogens (tertiary/aromatic N) is 1. The molecule has 1 fully saturated rings. The van der Waals surface area contributed by atoms with Crippen molar-refractivity contribution in [1.29, 1.82) is 5.26 Å². The second-order valence-corrected chi connectivity index (χ2v) is 4.28. The molecular formula is C13H15FN2. The molecule has 0 heterocycles. The smallest absolute Gasteiger partial charge is 0.125 e. The molecule has 16 heavy (non-hydrogen) atoms. The number of halogens is 1. The van der Waals surface area contributed by atoms with Crippen LogP contribution in [0, 0.1) is 17.1 Å². The minimum Gasteiger partial charge on any atom is -0.381 e. The zero-order valence-corrected chi connectivity index (χ0v) is 9.17. The summed E-state index contributed by atoms with van der Waals surface area (Å²) in [5.74, 6) is -0.294. The van der Waals surface area contributed by atoms with Crippen molar-refractivity contribution in [2.45, 2.75) is 38.1 Å². The van der Waals surface area contributed by atoms with Crippen molar-refractivity contribution in [3.8, 4) is 6.07 Å². The van der Waals surface area contributed by atoms with Crippen LogP contribution in [0.4, 0.5) is 10.1 Å². The van der Waals surface area contributed by atoms with Crippen LogP contribution in [0.1, 0.15) is 37.7 Å². The molecule has 1 aliphatic rings. The third-order valence-corrected chi connectivity index (χ3v) is 3.07. The van der Waals surface area contributed by atoms with Gasteiger partial charge in [0.05, 0.1) is 11.3 Å². The summed E-state index contributed by atoms with van der Waals surface area (Å²) < 4.78 is 13.1. The summed E-state index contributed by atoms with van der Waals surface area (Å²) in [6.45, 7) is 0. The highest BCUT2D eigenvalue weighted by Crippen LogP contribution is 2.24. The van der Waals surface area contributed by atoms with Gasteiger partial charge in [-0.1, -0.05) is 19.3 Å². The molecular weight excluding hydrogens is 203 g/mol. The highest BCUT2D eigenvalue weighted by Gasteiger charge is 2.14. The van der Waals surface area contributed by atoms with Crippen LogP contribution in [0.5, 0.6) is 0 Å². The number of nitrogens with one attached hydrogen (secondary N) is 1. The zero-order chi connectivity index (χ0) is 11.4. The second-order valence-electron chi connectivity index (χ2n) is 4.28. The lowest BCUT2D eigenvalue weighted by Gasteiger charge is -2.24. The van der Waals surface area contributed by atoms with Crippen molar-refractivity contribution in [1.82, 2.24) is 0 Å². The van der Waals surface area contributed by atoms with Gasteiger partial charge in [-0.05, 0) is 31.0 Å². The van der Waals surface area contributed by atoms with E-state index in [2.05, 4.69) is 11.4 Å². The Balaban J connectivity index is 2.13. The van der Waals surface area contributed by atoms with Gasteiger partial charge in [0.25, 0.3) is 0 Å². The standard InChI is InChI=1S/C13H15FN2/c14-11-7-6-10(9-15)13(8-11)16-12-4-2-1-3-5-12/h6-8,12,16H,1-5H2. The lowest BCUT2D eigenvalue weighted by atomic mass is 9.95. The molecule has 0 unspecified atom stereocenters. The minimum atomic E-state index is -0.294. The van der Waals surface area contributed by atoms with Gasteiger partial charge in [0, 0.05) is 6.04 Å². The van der Waals surface area contributed by atoms with Crippen LogP contribution < -0.4 is 5.32 Å². The summed E-state index contributed by atoms with van der Waals surface area (Å²) in [5, 5.41) is 12.2. The summed E-state index contributed by atoms with van der Waals surface area (Å²) in [6.07, 6.45) is 5.94. The van der Waals surface area contributed by atoms with Crippen molar-refractivity contribution in [3.63, 3.8) is 0 Å². The summed E-state index contributed by atoms with van der Waals surface area (Å²) in [7, 11) is 0. The van der Waals surface area contributed by atoms with E-state index in [9.17, 15) is 4.39 Å². The van der Waals surface area contributed by atoms with Crippen LogP contribution in [-0.2, 0) is 0 Å². The summed E-state index contributed by atoms with van der Waals surface area (Å²) in [5.41, 5.74) is 1.15. The van der Waals surface area contributed by atoms with Gasteiger partial charge >= 0.3 is 0 Å². The van der Waals surface area contributed by atoms with Gasteiger partial charge in [-0.25, -0.2) is 4.39 Å². The molecule has 0 amide bonds. The Morgan fingerprint density at radius 3 is 2.69 bits per heavy atom. The third kappa shape index (κ3) is 2.52. The first-order chi connectivity index (χ1) is 7.79. The Morgan fingerprint density at radius 1 is 1.25 bits per heavy atom. The number of benzene rings is 1. The number of hydrogen-bond acceptors (Lipinski definition) is 2. The molecule has 0 radical (unpaired) electrons. The van der Waals surface area contributed by atoms with Crippen LogP contribution in [-0.4, -0.2) is 6.04 Å². The Kier molecular flexibility index (Phi) is 3.40. The van der Waals surface area contributed by atoms with Crippen LogP contribution in [0.3, 0.4) is 0 Å². The van der Waals surface area contributed by atoms with Gasteiger partial charge in [0.1, 0.15) is 11.9 Å². The van der Waals surface area contributed by atoms with Crippen molar-refractivity contribution in [2.75, 3.05) is 5.32 Å². The second kappa shape index (κ2) is 4.98. The highest BCUT2D eigenvalue weighted by atomic mass is 19.1. The van der Waals surface area contributed by atoms with Crippen LogP contribution >= 0.6 is 0 Å². The maximum absolute atomic E-state index is 13.1. The SMILES string of the molecule is N#Cc1ccc(F)cc1NC1CCCCC1. The average Bonchev–Trinajstić information content (AvgIpc) is 2.31. The lowest BCUT2D eigenvalue weighted by molar-refractivity contribution is 0.462. The first kappa shape index (κ1) is 10.9. The maximum Gasteiger partial charge on any atom is 0.125 e. The normalized spacial score (nSPS) is 16.8. The molecule has 0 saturated heterocycles. The zero-order valence-electron chi connectivity index (χ0n) is 9.17. The molecule has 1 saturated carbocycles. The van der Waals surface area contributed by atoms with E-state index >= 15 is 0 Å². The Morgan fingerprint density at radius 2 is 2.00 bits per heavy atom. The molecule has 1 aromatic carbocycles. The number of rotatable bonds is 2. The molecule has 84 valence electrons. The third-order valence-electron chi connectivity index (χ3n) is 3.07. The predicted molar refractivity (Wildman–Crippen MR) is 61.6 cm³/mol. The first-order valence-corrected chi connectivity index (χ1v) is 5.76. The number of anilines is 1. The molecule has 1 aromatic rings. The Bertz CT molecular complexity index is 403. The molecule has 1 aliphatic carbocycles. The van der Waals surface area contributed by atoms with Crippen molar-refractivity contribution in [3.05, 3.63) is 29.6 Å². The summed E-state index contributed by atoms with van der Waals surface area (Å²) in [6, 6.07) is 6.74. The molecule has 2 nitrogen and oxygen atoms in total. The van der Waals surface area contributed by atoms with Crippen molar-refractivity contribution >= 4 is 5.69 Å². The Labute approximate surface area is 95.1 Å². The molecule has 1 N–H and O–H groups in total. The minimum absolute atomic E-state index is 0.294. The monoisotopic (exact) mass is 218 g/mol. The van der Waals surface area contributed by atoms with E-state index < -0.39 is 0 Å². The lowest BCUT2D eigenvalue weighted by Crippen LogP contribution is -2.22. The topological polar surface area (TPSA) is 35.8 Å².